The summed E-state index contributed by atoms with van der Waals surface area (Å²) in [5, 5.41) is 10.9. The van der Waals surface area contributed by atoms with Gasteiger partial charge >= 0.3 is 0 Å². The predicted octanol–water partition coefficient (Wildman–Crippen LogP) is 3.79. The first-order chi connectivity index (χ1) is 10.6. The maximum Gasteiger partial charge on any atom is 0.0485 e. The van der Waals surface area contributed by atoms with Crippen LogP contribution in [-0.4, -0.2) is 30.0 Å². The summed E-state index contributed by atoms with van der Waals surface area (Å²) in [6.45, 7) is 8.55. The van der Waals surface area contributed by atoms with E-state index in [-0.39, 0.29) is 6.61 Å². The molecular weight excluding hydrogens is 274 g/mol. The lowest BCUT2D eigenvalue weighted by Gasteiger charge is -2.18. The van der Waals surface area contributed by atoms with Crippen LogP contribution in [0, 0.1) is 18.8 Å². The molecule has 0 aliphatic rings. The molecule has 0 spiro atoms. The second-order valence-electron chi connectivity index (χ2n) is 6.59. The second-order valence-corrected chi connectivity index (χ2v) is 6.59. The van der Waals surface area contributed by atoms with Gasteiger partial charge in [-0.05, 0) is 48.8 Å². The number of benzene rings is 1. The van der Waals surface area contributed by atoms with E-state index >= 15 is 0 Å². The molecule has 1 unspecified atom stereocenters. The third-order valence-electron chi connectivity index (χ3n) is 4.57. The maximum absolute atomic E-state index is 9.55. The number of aryl methyl sites for hydroxylation is 2. The van der Waals surface area contributed by atoms with Gasteiger partial charge in [-0.15, -0.1) is 0 Å². The van der Waals surface area contributed by atoms with Gasteiger partial charge in [-0.25, -0.2) is 0 Å². The molecule has 2 rings (SSSR count). The highest BCUT2D eigenvalue weighted by atomic mass is 16.5. The molecule has 0 amide bonds. The van der Waals surface area contributed by atoms with Crippen LogP contribution in [0.2, 0.25) is 0 Å². The Hall–Kier alpha value is -1.32. The lowest BCUT2D eigenvalue weighted by Crippen LogP contribution is -2.16. The van der Waals surface area contributed by atoms with Crippen molar-refractivity contribution in [3.8, 4) is 0 Å². The van der Waals surface area contributed by atoms with Gasteiger partial charge in [0.1, 0.15) is 0 Å². The Bertz CT molecular complexity index is 601. The Balaban J connectivity index is 2.25. The highest BCUT2D eigenvalue weighted by Gasteiger charge is 2.14. The molecule has 0 saturated carbocycles. The zero-order valence-corrected chi connectivity index (χ0v) is 14.3. The van der Waals surface area contributed by atoms with Gasteiger partial charge in [0.15, 0.2) is 0 Å². The summed E-state index contributed by atoms with van der Waals surface area (Å²) < 4.78 is 7.49. The first kappa shape index (κ1) is 17.0. The van der Waals surface area contributed by atoms with Gasteiger partial charge in [-0.2, -0.15) is 0 Å². The molecule has 3 nitrogen and oxygen atoms in total. The lowest BCUT2D eigenvalue weighted by atomic mass is 9.90. The van der Waals surface area contributed by atoms with Crippen LogP contribution in [0.5, 0.6) is 0 Å². The number of aliphatic hydroxyl groups excluding tert-OH is 1. The molecule has 1 N–H and O–H groups in total. The third-order valence-corrected chi connectivity index (χ3v) is 4.57. The fourth-order valence-electron chi connectivity index (χ4n) is 3.03. The van der Waals surface area contributed by atoms with E-state index in [2.05, 4.69) is 49.7 Å². The van der Waals surface area contributed by atoms with Crippen molar-refractivity contribution in [3.05, 3.63) is 35.5 Å². The maximum atomic E-state index is 9.55. The number of aromatic nitrogens is 1. The van der Waals surface area contributed by atoms with E-state index < -0.39 is 0 Å². The SMILES string of the molecule is COCCCn1cc(C)c2ccc(CC(CO)C(C)C)cc21. The van der Waals surface area contributed by atoms with Gasteiger partial charge in [0.25, 0.3) is 0 Å². The highest BCUT2D eigenvalue weighted by molar-refractivity contribution is 5.84. The molecule has 1 atom stereocenters. The van der Waals surface area contributed by atoms with Crippen molar-refractivity contribution in [1.29, 1.82) is 0 Å². The fourth-order valence-corrected chi connectivity index (χ4v) is 3.03. The van der Waals surface area contributed by atoms with Crippen molar-refractivity contribution in [2.24, 2.45) is 11.8 Å². The highest BCUT2D eigenvalue weighted by Crippen LogP contribution is 2.25. The van der Waals surface area contributed by atoms with Crippen molar-refractivity contribution in [2.75, 3.05) is 20.3 Å². The smallest absolute Gasteiger partial charge is 0.0485 e. The molecule has 22 heavy (non-hydrogen) atoms. The van der Waals surface area contributed by atoms with E-state index in [4.69, 9.17) is 4.74 Å². The molecule has 0 aliphatic heterocycles. The second kappa shape index (κ2) is 7.80. The van der Waals surface area contributed by atoms with Gasteiger partial charge in [-0.3, -0.25) is 0 Å². The Labute approximate surface area is 133 Å². The molecular formula is C19H29NO2. The van der Waals surface area contributed by atoms with Crippen LogP contribution in [0.4, 0.5) is 0 Å². The van der Waals surface area contributed by atoms with Crippen LogP contribution in [0.25, 0.3) is 10.9 Å². The van der Waals surface area contributed by atoms with Gasteiger partial charge in [0.05, 0.1) is 0 Å². The number of rotatable bonds is 8. The number of hydrogen-bond donors (Lipinski definition) is 1. The molecule has 0 fully saturated rings. The summed E-state index contributed by atoms with van der Waals surface area (Å²) in [5.74, 6) is 0.825. The predicted molar refractivity (Wildman–Crippen MR) is 92.3 cm³/mol. The third kappa shape index (κ3) is 3.90. The van der Waals surface area contributed by atoms with Gasteiger partial charge in [0, 0.05) is 44.0 Å². The Kier molecular flexibility index (Phi) is 6.04. The number of fused-ring (bicyclic) bond motifs is 1. The normalized spacial score (nSPS) is 13.2. The Morgan fingerprint density at radius 2 is 2.05 bits per heavy atom. The van der Waals surface area contributed by atoms with Gasteiger partial charge < -0.3 is 14.4 Å². The summed E-state index contributed by atoms with van der Waals surface area (Å²) in [6, 6.07) is 6.72. The molecule has 0 bridgehead atoms. The van der Waals surface area contributed by atoms with Crippen LogP contribution >= 0.6 is 0 Å². The molecule has 0 radical (unpaired) electrons. The molecule has 0 aliphatic carbocycles. The first-order valence-electron chi connectivity index (χ1n) is 8.25. The van der Waals surface area contributed by atoms with Gasteiger partial charge in [0.2, 0.25) is 0 Å². The van der Waals surface area contributed by atoms with Crippen molar-refractivity contribution >= 4 is 10.9 Å². The largest absolute Gasteiger partial charge is 0.396 e. The summed E-state index contributed by atoms with van der Waals surface area (Å²) in [4.78, 5) is 0. The molecule has 1 heterocycles. The Morgan fingerprint density at radius 1 is 1.27 bits per heavy atom. The number of methoxy groups -OCH3 is 1. The molecule has 0 saturated heterocycles. The van der Waals surface area contributed by atoms with E-state index in [1.807, 2.05) is 0 Å². The standard InChI is InChI=1S/C19H29NO2/c1-14(2)17(13-21)10-16-6-7-18-15(3)12-20(19(18)11-16)8-5-9-22-4/h6-7,11-12,14,17,21H,5,8-10,13H2,1-4H3. The van der Waals surface area contributed by atoms with Crippen molar-refractivity contribution < 1.29 is 9.84 Å². The van der Waals surface area contributed by atoms with Crippen molar-refractivity contribution in [2.45, 2.75) is 40.2 Å². The number of ether oxygens (including phenoxy) is 1. The minimum atomic E-state index is 0.254. The van der Waals surface area contributed by atoms with E-state index in [1.54, 1.807) is 7.11 Å². The van der Waals surface area contributed by atoms with Crippen molar-refractivity contribution in [1.82, 2.24) is 4.57 Å². The fraction of sp³-hybridized carbons (Fsp3) is 0.579. The van der Waals surface area contributed by atoms with Crippen LogP contribution in [0.15, 0.2) is 24.4 Å². The molecule has 1 aromatic heterocycles. The average molecular weight is 303 g/mol. The average Bonchev–Trinajstić information content (AvgIpc) is 2.81. The number of aliphatic hydroxyl groups is 1. The number of hydrogen-bond acceptors (Lipinski definition) is 2. The monoisotopic (exact) mass is 303 g/mol. The minimum Gasteiger partial charge on any atom is -0.396 e. The summed E-state index contributed by atoms with van der Waals surface area (Å²) >= 11 is 0. The minimum absolute atomic E-state index is 0.254. The quantitative estimate of drug-likeness (QED) is 0.753. The molecule has 1 aromatic carbocycles. The van der Waals surface area contributed by atoms with Crippen LogP contribution in [0.3, 0.4) is 0 Å². The van der Waals surface area contributed by atoms with Crippen LogP contribution < -0.4 is 0 Å². The molecule has 2 aromatic rings. The zero-order valence-electron chi connectivity index (χ0n) is 14.3. The van der Waals surface area contributed by atoms with Crippen LogP contribution in [0.1, 0.15) is 31.4 Å². The molecule has 3 heteroatoms. The zero-order chi connectivity index (χ0) is 16.1. The van der Waals surface area contributed by atoms with E-state index in [9.17, 15) is 5.11 Å². The topological polar surface area (TPSA) is 34.4 Å². The van der Waals surface area contributed by atoms with Crippen molar-refractivity contribution in [3.63, 3.8) is 0 Å². The lowest BCUT2D eigenvalue weighted by molar-refractivity contribution is 0.189. The summed E-state index contributed by atoms with van der Waals surface area (Å²) in [7, 11) is 1.75. The molecule has 122 valence electrons. The van der Waals surface area contributed by atoms with E-state index in [0.29, 0.717) is 11.8 Å². The van der Waals surface area contributed by atoms with Crippen LogP contribution in [-0.2, 0) is 17.7 Å². The first-order valence-corrected chi connectivity index (χ1v) is 8.25. The Morgan fingerprint density at radius 3 is 2.68 bits per heavy atom. The summed E-state index contributed by atoms with van der Waals surface area (Å²) in [6.07, 6.45) is 4.19. The summed E-state index contributed by atoms with van der Waals surface area (Å²) in [5.41, 5.74) is 3.93. The van der Waals surface area contributed by atoms with E-state index in [0.717, 1.165) is 26.0 Å². The van der Waals surface area contributed by atoms with Gasteiger partial charge in [-0.1, -0.05) is 26.0 Å². The van der Waals surface area contributed by atoms with E-state index in [1.165, 1.54) is 22.0 Å². The number of nitrogens with zero attached hydrogens (tertiary/aromatic N) is 1.